The summed E-state index contributed by atoms with van der Waals surface area (Å²) >= 11 is 6.00. The van der Waals surface area contributed by atoms with Crippen molar-refractivity contribution in [3.05, 3.63) is 47.0 Å². The summed E-state index contributed by atoms with van der Waals surface area (Å²) in [6.07, 6.45) is 0. The Kier molecular flexibility index (Phi) is 6.66. The zero-order chi connectivity index (χ0) is 20.2. The Hall–Kier alpha value is -2.33. The van der Waals surface area contributed by atoms with Gasteiger partial charge in [-0.05, 0) is 18.2 Å². The molecule has 27 heavy (non-hydrogen) atoms. The topological polar surface area (TPSA) is 94.2 Å². The Morgan fingerprint density at radius 1 is 1.04 bits per heavy atom. The highest BCUT2D eigenvalue weighted by atomic mass is 35.5. The number of benzene rings is 2. The van der Waals surface area contributed by atoms with Gasteiger partial charge in [0.15, 0.2) is 0 Å². The number of hydrogen-bond acceptors (Lipinski definition) is 6. The third-order valence-electron chi connectivity index (χ3n) is 3.68. The van der Waals surface area contributed by atoms with Crippen LogP contribution in [0.2, 0.25) is 5.02 Å². The van der Waals surface area contributed by atoms with E-state index in [0.717, 1.165) is 0 Å². The number of carbonyl (C=O) groups excluding carboxylic acids is 1. The highest BCUT2D eigenvalue weighted by Crippen LogP contribution is 2.28. The molecule has 0 bridgehead atoms. The normalized spacial score (nSPS) is 11.3. The number of carbonyl (C=O) groups is 1. The van der Waals surface area contributed by atoms with Crippen LogP contribution in [-0.2, 0) is 14.9 Å². The largest absolute Gasteiger partial charge is 0.497 e. The number of amides is 1. The second kappa shape index (κ2) is 8.57. The first-order valence-electron chi connectivity index (χ1n) is 7.60. The molecule has 0 radical (unpaired) electrons. The number of hydroxylamine groups is 1. The SMILES string of the molecule is COc1cc(NC(=O)c2ccc(Cl)c(S(=O)(=O)N(C)OC)c2)cc(OC)c1. The quantitative estimate of drug-likeness (QED) is 0.700. The Balaban J connectivity index is 2.37. The van der Waals surface area contributed by atoms with Gasteiger partial charge >= 0.3 is 0 Å². The number of nitrogens with one attached hydrogen (secondary N) is 1. The van der Waals surface area contributed by atoms with Gasteiger partial charge in [-0.25, -0.2) is 8.42 Å². The second-order valence-electron chi connectivity index (χ2n) is 5.30. The van der Waals surface area contributed by atoms with Crippen molar-refractivity contribution < 1.29 is 27.5 Å². The molecule has 0 aliphatic carbocycles. The predicted octanol–water partition coefficient (Wildman–Crippen LogP) is 2.79. The molecule has 0 unspecified atom stereocenters. The van der Waals surface area contributed by atoms with Crippen LogP contribution < -0.4 is 14.8 Å². The van der Waals surface area contributed by atoms with Crippen molar-refractivity contribution in [3.63, 3.8) is 0 Å². The fourth-order valence-electron chi connectivity index (χ4n) is 2.16. The smallest absolute Gasteiger partial charge is 0.266 e. The number of hydrogen-bond donors (Lipinski definition) is 1. The summed E-state index contributed by atoms with van der Waals surface area (Å²) < 4.78 is 35.8. The molecule has 1 amide bonds. The molecule has 1 N–H and O–H groups in total. The lowest BCUT2D eigenvalue weighted by Crippen LogP contribution is -2.26. The van der Waals surface area contributed by atoms with Gasteiger partial charge < -0.3 is 14.8 Å². The van der Waals surface area contributed by atoms with E-state index in [-0.39, 0.29) is 15.5 Å². The van der Waals surface area contributed by atoms with Crippen LogP contribution >= 0.6 is 11.6 Å². The molecule has 0 saturated carbocycles. The van der Waals surface area contributed by atoms with E-state index in [9.17, 15) is 13.2 Å². The van der Waals surface area contributed by atoms with E-state index in [0.29, 0.717) is 21.7 Å². The summed E-state index contributed by atoms with van der Waals surface area (Å²) in [4.78, 5) is 17.1. The van der Waals surface area contributed by atoms with Crippen molar-refractivity contribution in [2.75, 3.05) is 33.7 Å². The van der Waals surface area contributed by atoms with Gasteiger partial charge in [-0.1, -0.05) is 16.1 Å². The van der Waals surface area contributed by atoms with Crippen molar-refractivity contribution in [1.29, 1.82) is 0 Å². The molecule has 0 aliphatic heterocycles. The van der Waals surface area contributed by atoms with Gasteiger partial charge in [-0.2, -0.15) is 0 Å². The lowest BCUT2D eigenvalue weighted by atomic mass is 10.2. The molecule has 0 aromatic heterocycles. The van der Waals surface area contributed by atoms with Crippen molar-refractivity contribution in [1.82, 2.24) is 4.47 Å². The number of methoxy groups -OCH3 is 2. The minimum Gasteiger partial charge on any atom is -0.497 e. The minimum atomic E-state index is -4.01. The average molecular weight is 415 g/mol. The standard InChI is InChI=1S/C17H19ClN2O6S/c1-20(26-4)27(22,23)16-7-11(5-6-15(16)18)17(21)19-12-8-13(24-2)10-14(9-12)25-3/h5-10H,1-4H3,(H,19,21). The summed E-state index contributed by atoms with van der Waals surface area (Å²) in [5.74, 6) is 0.454. The van der Waals surface area contributed by atoms with Crippen LogP contribution in [0.25, 0.3) is 0 Å². The van der Waals surface area contributed by atoms with E-state index in [4.69, 9.17) is 25.9 Å². The second-order valence-corrected chi connectivity index (χ2v) is 7.61. The van der Waals surface area contributed by atoms with E-state index >= 15 is 0 Å². The molecule has 0 heterocycles. The van der Waals surface area contributed by atoms with Crippen LogP contribution in [0.5, 0.6) is 11.5 Å². The van der Waals surface area contributed by atoms with Crippen LogP contribution in [0.15, 0.2) is 41.3 Å². The summed E-state index contributed by atoms with van der Waals surface area (Å²) in [5.41, 5.74) is 0.522. The summed E-state index contributed by atoms with van der Waals surface area (Å²) in [7, 11) is 1.40. The maximum absolute atomic E-state index is 12.6. The van der Waals surface area contributed by atoms with Crippen molar-refractivity contribution in [3.8, 4) is 11.5 Å². The highest BCUT2D eigenvalue weighted by molar-refractivity contribution is 7.89. The lowest BCUT2D eigenvalue weighted by Gasteiger charge is -2.16. The Bertz CT molecular complexity index is 926. The zero-order valence-corrected chi connectivity index (χ0v) is 16.7. The molecule has 0 saturated heterocycles. The van der Waals surface area contributed by atoms with E-state index in [1.807, 2.05) is 0 Å². The maximum atomic E-state index is 12.6. The van der Waals surface area contributed by atoms with Crippen molar-refractivity contribution in [2.24, 2.45) is 0 Å². The first-order chi connectivity index (χ1) is 12.7. The van der Waals surface area contributed by atoms with Crippen LogP contribution in [-0.4, -0.2) is 47.2 Å². The fourth-order valence-corrected chi connectivity index (χ4v) is 3.64. The van der Waals surface area contributed by atoms with Gasteiger partial charge in [0.05, 0.1) is 26.4 Å². The van der Waals surface area contributed by atoms with Gasteiger partial charge in [0.25, 0.3) is 15.9 Å². The number of rotatable bonds is 7. The van der Waals surface area contributed by atoms with Crippen LogP contribution in [0.1, 0.15) is 10.4 Å². The first-order valence-corrected chi connectivity index (χ1v) is 9.41. The van der Waals surface area contributed by atoms with Gasteiger partial charge in [0, 0.05) is 36.5 Å². The van der Waals surface area contributed by atoms with E-state index in [1.54, 1.807) is 18.2 Å². The number of sulfonamides is 1. The lowest BCUT2D eigenvalue weighted by molar-refractivity contribution is -0.0258. The third kappa shape index (κ3) is 4.69. The molecule has 2 aromatic rings. The number of ether oxygens (including phenoxy) is 2. The van der Waals surface area contributed by atoms with Gasteiger partial charge in [-0.3, -0.25) is 9.63 Å². The fraction of sp³-hybridized carbons (Fsp3) is 0.235. The van der Waals surface area contributed by atoms with Gasteiger partial charge in [0.2, 0.25) is 0 Å². The van der Waals surface area contributed by atoms with Crippen LogP contribution in [0.4, 0.5) is 5.69 Å². The summed E-state index contributed by atoms with van der Waals surface area (Å²) in [6, 6.07) is 8.79. The molecule has 146 valence electrons. The Morgan fingerprint density at radius 2 is 1.63 bits per heavy atom. The molecule has 0 fully saturated rings. The van der Waals surface area contributed by atoms with Gasteiger partial charge in [-0.15, -0.1) is 0 Å². The summed E-state index contributed by atoms with van der Waals surface area (Å²) in [6.45, 7) is 0. The van der Waals surface area contributed by atoms with Crippen LogP contribution in [0.3, 0.4) is 0 Å². The Morgan fingerprint density at radius 3 is 2.15 bits per heavy atom. The molecule has 2 aromatic carbocycles. The first kappa shape index (κ1) is 21.0. The van der Waals surface area contributed by atoms with Crippen LogP contribution in [0, 0.1) is 0 Å². The molecule has 2 rings (SSSR count). The monoisotopic (exact) mass is 414 g/mol. The van der Waals surface area contributed by atoms with E-state index in [1.165, 1.54) is 46.6 Å². The molecule has 0 atom stereocenters. The third-order valence-corrected chi connectivity index (χ3v) is 5.84. The zero-order valence-electron chi connectivity index (χ0n) is 15.1. The highest BCUT2D eigenvalue weighted by Gasteiger charge is 2.25. The van der Waals surface area contributed by atoms with Gasteiger partial charge in [0.1, 0.15) is 16.4 Å². The average Bonchev–Trinajstić information content (AvgIpc) is 2.66. The van der Waals surface area contributed by atoms with E-state index < -0.39 is 15.9 Å². The number of halogens is 1. The van der Waals surface area contributed by atoms with E-state index in [2.05, 4.69) is 5.32 Å². The molecule has 0 spiro atoms. The molecule has 0 aliphatic rings. The van der Waals surface area contributed by atoms with Crippen molar-refractivity contribution in [2.45, 2.75) is 4.90 Å². The van der Waals surface area contributed by atoms with Crippen molar-refractivity contribution >= 4 is 33.2 Å². The number of anilines is 1. The molecular weight excluding hydrogens is 396 g/mol. The minimum absolute atomic E-state index is 0.0292. The Labute approximate surface area is 162 Å². The molecule has 10 heteroatoms. The number of nitrogens with zero attached hydrogens (tertiary/aromatic N) is 1. The summed E-state index contributed by atoms with van der Waals surface area (Å²) in [5, 5.41) is 2.64. The molecular formula is C17H19ClN2O6S. The molecule has 8 nitrogen and oxygen atoms in total. The maximum Gasteiger partial charge on any atom is 0.266 e. The predicted molar refractivity (Wildman–Crippen MR) is 101 cm³/mol.